The van der Waals surface area contributed by atoms with Gasteiger partial charge in [-0.3, -0.25) is 9.59 Å². The highest BCUT2D eigenvalue weighted by Gasteiger charge is 2.21. The molecule has 0 bridgehead atoms. The fourth-order valence-electron chi connectivity index (χ4n) is 2.66. The smallest absolute Gasteiger partial charge is 0.313 e. The zero-order chi connectivity index (χ0) is 21.4. The van der Waals surface area contributed by atoms with Crippen LogP contribution < -0.4 is 10.6 Å². The molecular formula is C20H24FN3O4S. The number of nitrogens with one attached hydrogen (secondary N) is 2. The molecule has 29 heavy (non-hydrogen) atoms. The van der Waals surface area contributed by atoms with Gasteiger partial charge in [0.25, 0.3) is 0 Å². The van der Waals surface area contributed by atoms with E-state index < -0.39 is 27.7 Å². The van der Waals surface area contributed by atoms with Crippen molar-refractivity contribution in [2.75, 3.05) is 25.0 Å². The van der Waals surface area contributed by atoms with Gasteiger partial charge < -0.3 is 10.6 Å². The Morgan fingerprint density at radius 3 is 2.07 bits per heavy atom. The van der Waals surface area contributed by atoms with Crippen molar-refractivity contribution in [3.8, 4) is 0 Å². The Bertz CT molecular complexity index is 941. The highest BCUT2D eigenvalue weighted by molar-refractivity contribution is 7.89. The molecule has 2 aromatic carbocycles. The van der Waals surface area contributed by atoms with E-state index in [2.05, 4.69) is 10.6 Å². The summed E-state index contributed by atoms with van der Waals surface area (Å²) < 4.78 is 39.1. The van der Waals surface area contributed by atoms with Gasteiger partial charge in [-0.15, -0.1) is 0 Å². The van der Waals surface area contributed by atoms with Crippen LogP contribution in [0.2, 0.25) is 0 Å². The summed E-state index contributed by atoms with van der Waals surface area (Å²) in [4.78, 5) is 23.9. The van der Waals surface area contributed by atoms with Crippen molar-refractivity contribution in [3.63, 3.8) is 0 Å². The van der Waals surface area contributed by atoms with Crippen molar-refractivity contribution >= 4 is 27.5 Å². The third-order valence-electron chi connectivity index (χ3n) is 4.27. The van der Waals surface area contributed by atoms with Crippen molar-refractivity contribution in [3.05, 3.63) is 59.9 Å². The normalized spacial score (nSPS) is 11.3. The molecule has 0 aromatic heterocycles. The number of nitrogens with zero attached hydrogens (tertiary/aromatic N) is 1. The van der Waals surface area contributed by atoms with Gasteiger partial charge in [0.15, 0.2) is 0 Å². The lowest BCUT2D eigenvalue weighted by Gasteiger charge is -2.18. The van der Waals surface area contributed by atoms with Crippen molar-refractivity contribution in [1.29, 1.82) is 0 Å². The summed E-state index contributed by atoms with van der Waals surface area (Å²) in [5, 5.41) is 4.87. The standard InChI is InChI=1S/C20H24FN3O4S/c1-3-24(4-2)29(27,28)18-11-5-15(6-12-18)13-14-22-19(25)20(26)23-17-9-7-16(21)8-10-17/h5-12H,3-4,13-14H2,1-2H3,(H,22,25)(H,23,26). The lowest BCUT2D eigenvalue weighted by molar-refractivity contribution is -0.136. The summed E-state index contributed by atoms with van der Waals surface area (Å²) >= 11 is 0. The van der Waals surface area contributed by atoms with Crippen molar-refractivity contribution in [1.82, 2.24) is 9.62 Å². The van der Waals surface area contributed by atoms with Crippen LogP contribution in [-0.2, 0) is 26.0 Å². The first kappa shape index (κ1) is 22.5. The summed E-state index contributed by atoms with van der Waals surface area (Å²) in [5.41, 5.74) is 1.14. The van der Waals surface area contributed by atoms with E-state index in [9.17, 15) is 22.4 Å². The van der Waals surface area contributed by atoms with Crippen molar-refractivity contribution in [2.45, 2.75) is 25.2 Å². The molecule has 7 nitrogen and oxygen atoms in total. The first-order chi connectivity index (χ1) is 13.8. The molecule has 0 aliphatic heterocycles. The number of anilines is 1. The average Bonchev–Trinajstić information content (AvgIpc) is 2.70. The molecule has 0 atom stereocenters. The minimum absolute atomic E-state index is 0.206. The Morgan fingerprint density at radius 2 is 1.52 bits per heavy atom. The maximum atomic E-state index is 12.8. The van der Waals surface area contributed by atoms with Gasteiger partial charge in [-0.1, -0.05) is 26.0 Å². The number of amides is 2. The summed E-state index contributed by atoms with van der Waals surface area (Å²) in [7, 11) is -3.51. The third-order valence-corrected chi connectivity index (χ3v) is 6.34. The Morgan fingerprint density at radius 1 is 0.931 bits per heavy atom. The Labute approximate surface area is 170 Å². The third kappa shape index (κ3) is 6.10. The van der Waals surface area contributed by atoms with Gasteiger partial charge in [-0.2, -0.15) is 4.31 Å². The van der Waals surface area contributed by atoms with E-state index in [0.29, 0.717) is 25.2 Å². The Kier molecular flexibility index (Phi) is 7.86. The SMILES string of the molecule is CCN(CC)S(=O)(=O)c1ccc(CCNC(=O)C(=O)Nc2ccc(F)cc2)cc1. The minimum Gasteiger partial charge on any atom is -0.347 e. The van der Waals surface area contributed by atoms with Crippen molar-refractivity contribution in [2.24, 2.45) is 0 Å². The predicted octanol–water partition coefficient (Wildman–Crippen LogP) is 2.15. The molecule has 2 rings (SSSR count). The lowest BCUT2D eigenvalue weighted by atomic mass is 10.1. The van der Waals surface area contributed by atoms with E-state index in [1.807, 2.05) is 0 Å². The lowest BCUT2D eigenvalue weighted by Crippen LogP contribution is -2.36. The van der Waals surface area contributed by atoms with Gasteiger partial charge in [-0.05, 0) is 48.4 Å². The van der Waals surface area contributed by atoms with Crippen LogP contribution in [0.5, 0.6) is 0 Å². The number of halogens is 1. The molecular weight excluding hydrogens is 397 g/mol. The van der Waals surface area contributed by atoms with Crippen LogP contribution in [0.4, 0.5) is 10.1 Å². The number of hydrogen-bond donors (Lipinski definition) is 2. The largest absolute Gasteiger partial charge is 0.347 e. The number of rotatable bonds is 8. The molecule has 0 radical (unpaired) electrons. The van der Waals surface area contributed by atoms with Crippen LogP contribution in [0.3, 0.4) is 0 Å². The first-order valence-corrected chi connectivity index (χ1v) is 10.7. The zero-order valence-corrected chi connectivity index (χ0v) is 17.1. The number of sulfonamides is 1. The van der Waals surface area contributed by atoms with Gasteiger partial charge in [0.1, 0.15) is 5.82 Å². The summed E-state index contributed by atoms with van der Waals surface area (Å²) in [5.74, 6) is -2.10. The monoisotopic (exact) mass is 421 g/mol. The van der Waals surface area contributed by atoms with Gasteiger partial charge in [-0.25, -0.2) is 12.8 Å². The average molecular weight is 421 g/mol. The molecule has 0 fully saturated rings. The molecule has 0 saturated carbocycles. The summed E-state index contributed by atoms with van der Waals surface area (Å²) in [6, 6.07) is 11.5. The van der Waals surface area contributed by atoms with Gasteiger partial charge in [0, 0.05) is 25.3 Å². The quantitative estimate of drug-likeness (QED) is 0.639. The summed E-state index contributed by atoms with van der Waals surface area (Å²) in [6.45, 7) is 4.56. The van der Waals surface area contributed by atoms with E-state index >= 15 is 0 Å². The maximum absolute atomic E-state index is 12.8. The molecule has 2 aromatic rings. The second-order valence-corrected chi connectivity index (χ2v) is 8.14. The van der Waals surface area contributed by atoms with E-state index in [4.69, 9.17) is 0 Å². The fraction of sp³-hybridized carbons (Fsp3) is 0.300. The highest BCUT2D eigenvalue weighted by atomic mass is 32.2. The predicted molar refractivity (Wildman–Crippen MR) is 108 cm³/mol. The van der Waals surface area contributed by atoms with Crippen LogP contribution in [0.15, 0.2) is 53.4 Å². The fourth-order valence-corrected chi connectivity index (χ4v) is 4.12. The van der Waals surface area contributed by atoms with Crippen LogP contribution in [-0.4, -0.2) is 44.2 Å². The van der Waals surface area contributed by atoms with Gasteiger partial charge in [0.2, 0.25) is 10.0 Å². The molecule has 0 spiro atoms. The molecule has 0 heterocycles. The maximum Gasteiger partial charge on any atom is 0.313 e. The topological polar surface area (TPSA) is 95.6 Å². The molecule has 0 saturated heterocycles. The van der Waals surface area contributed by atoms with Crippen molar-refractivity contribution < 1.29 is 22.4 Å². The number of benzene rings is 2. The Hall–Kier alpha value is -2.78. The molecule has 0 aliphatic rings. The van der Waals surface area contributed by atoms with Crippen LogP contribution in [0, 0.1) is 5.82 Å². The number of carbonyl (C=O) groups is 2. The second kappa shape index (κ2) is 10.1. The minimum atomic E-state index is -3.51. The van der Waals surface area contributed by atoms with E-state index in [0.717, 1.165) is 5.56 Å². The number of hydrogen-bond acceptors (Lipinski definition) is 4. The molecule has 2 amide bonds. The van der Waals surface area contributed by atoms with Gasteiger partial charge >= 0.3 is 11.8 Å². The molecule has 2 N–H and O–H groups in total. The molecule has 156 valence electrons. The second-order valence-electron chi connectivity index (χ2n) is 6.20. The van der Waals surface area contributed by atoms with E-state index in [-0.39, 0.29) is 11.4 Å². The van der Waals surface area contributed by atoms with Crippen LogP contribution in [0.1, 0.15) is 19.4 Å². The first-order valence-electron chi connectivity index (χ1n) is 9.21. The summed E-state index contributed by atoms with van der Waals surface area (Å²) in [6.07, 6.45) is 0.432. The zero-order valence-electron chi connectivity index (χ0n) is 16.3. The van der Waals surface area contributed by atoms with E-state index in [1.54, 1.807) is 26.0 Å². The molecule has 0 unspecified atom stereocenters. The van der Waals surface area contributed by atoms with Gasteiger partial charge in [0.05, 0.1) is 4.90 Å². The van der Waals surface area contributed by atoms with Crippen LogP contribution >= 0.6 is 0 Å². The molecule has 9 heteroatoms. The number of carbonyl (C=O) groups excluding carboxylic acids is 2. The molecule has 0 aliphatic carbocycles. The van der Waals surface area contributed by atoms with Crippen LogP contribution in [0.25, 0.3) is 0 Å². The Balaban J connectivity index is 1.86. The highest BCUT2D eigenvalue weighted by Crippen LogP contribution is 2.16. The van der Waals surface area contributed by atoms with E-state index in [1.165, 1.54) is 40.7 Å².